The van der Waals surface area contributed by atoms with Crippen LogP contribution >= 0.6 is 35.3 Å². The fourth-order valence-electron chi connectivity index (χ4n) is 4.54. The molecule has 0 aromatic heterocycles. The second-order valence-electron chi connectivity index (χ2n) is 9.33. The summed E-state index contributed by atoms with van der Waals surface area (Å²) in [5, 5.41) is 1.10. The number of carbonyl (C=O) groups is 1. The van der Waals surface area contributed by atoms with Gasteiger partial charge in [-0.2, -0.15) is 0 Å². The number of hydrogen-bond donors (Lipinski definition) is 1. The molecule has 2 saturated heterocycles. The molecular weight excluding hydrogens is 496 g/mol. The van der Waals surface area contributed by atoms with Crippen LogP contribution in [0, 0.1) is 5.82 Å². The molecule has 1 atom stereocenters. The van der Waals surface area contributed by atoms with Gasteiger partial charge in [-0.1, -0.05) is 23.2 Å². The molecule has 2 heterocycles. The fraction of sp³-hybridized carbons (Fsp3) is 0.480. The van der Waals surface area contributed by atoms with Crippen molar-refractivity contribution in [1.82, 2.24) is 13.9 Å². The number of nitrogens with one attached hydrogen (secondary N) is 1. The van der Waals surface area contributed by atoms with E-state index >= 15 is 4.39 Å². The lowest BCUT2D eigenvalue weighted by atomic mass is 9.97. The highest BCUT2D eigenvalue weighted by Crippen LogP contribution is 2.43. The number of ether oxygens (including phenoxy) is 1. The maximum Gasteiger partial charge on any atom is 0.265 e. The number of rotatable bonds is 8. The lowest BCUT2D eigenvalue weighted by Gasteiger charge is -2.33. The van der Waals surface area contributed by atoms with Gasteiger partial charge in [0.05, 0.1) is 5.56 Å². The van der Waals surface area contributed by atoms with Crippen LogP contribution in [0.25, 0.3) is 0 Å². The number of hydrogen-bond acceptors (Lipinski definition) is 5. The zero-order chi connectivity index (χ0) is 23.7. The van der Waals surface area contributed by atoms with Crippen molar-refractivity contribution in [1.29, 1.82) is 0 Å². The van der Waals surface area contributed by atoms with Crippen LogP contribution in [-0.4, -0.2) is 47.4 Å². The number of halogens is 3. The standard InChI is InChI=1S/C25H28Cl2FN3O2S/c26-18-10-19(27)12-21(11-18)33-20-3-1-6-30(15-20)14-17-9-24(28)23(13-22(17)16-4-5-16)25(32)29-34-31-7-2-8-31/h9-13,16,20H,1-8,14-15H2,(H,29,32). The molecule has 1 unspecified atom stereocenters. The first-order valence-corrected chi connectivity index (χ1v) is 13.4. The van der Waals surface area contributed by atoms with E-state index in [1.165, 1.54) is 12.1 Å². The predicted molar refractivity (Wildman–Crippen MR) is 135 cm³/mol. The summed E-state index contributed by atoms with van der Waals surface area (Å²) in [7, 11) is 0. The van der Waals surface area contributed by atoms with E-state index < -0.39 is 5.82 Å². The summed E-state index contributed by atoms with van der Waals surface area (Å²) in [5.41, 5.74) is 2.21. The highest BCUT2D eigenvalue weighted by atomic mass is 35.5. The molecule has 3 fully saturated rings. The van der Waals surface area contributed by atoms with Gasteiger partial charge in [0.15, 0.2) is 0 Å². The van der Waals surface area contributed by atoms with Crippen LogP contribution < -0.4 is 9.46 Å². The summed E-state index contributed by atoms with van der Waals surface area (Å²) >= 11 is 13.5. The Morgan fingerprint density at radius 3 is 2.50 bits per heavy atom. The van der Waals surface area contributed by atoms with Crippen molar-refractivity contribution >= 4 is 41.2 Å². The first-order valence-electron chi connectivity index (χ1n) is 11.8. The van der Waals surface area contributed by atoms with Crippen molar-refractivity contribution in [3.05, 3.63) is 62.9 Å². The Hall–Kier alpha value is -1.51. The summed E-state index contributed by atoms with van der Waals surface area (Å²) in [6.45, 7) is 4.21. The molecule has 1 N–H and O–H groups in total. The van der Waals surface area contributed by atoms with E-state index in [9.17, 15) is 4.79 Å². The first kappa shape index (κ1) is 24.2. The molecule has 1 amide bonds. The highest BCUT2D eigenvalue weighted by molar-refractivity contribution is 7.95. The van der Waals surface area contributed by atoms with Crippen LogP contribution in [0.15, 0.2) is 30.3 Å². The van der Waals surface area contributed by atoms with E-state index in [-0.39, 0.29) is 17.6 Å². The Morgan fingerprint density at radius 2 is 1.82 bits per heavy atom. The van der Waals surface area contributed by atoms with Gasteiger partial charge in [0, 0.05) is 48.4 Å². The summed E-state index contributed by atoms with van der Waals surface area (Å²) < 4.78 is 26.0. The number of nitrogens with zero attached hydrogens (tertiary/aromatic N) is 2. The number of amides is 1. The Kier molecular flexibility index (Phi) is 7.56. The average Bonchev–Trinajstić information content (AvgIpc) is 3.57. The molecule has 5 nitrogen and oxygen atoms in total. The molecule has 0 bridgehead atoms. The third-order valence-electron chi connectivity index (χ3n) is 6.57. The second-order valence-corrected chi connectivity index (χ2v) is 11.1. The van der Waals surface area contributed by atoms with Crippen LogP contribution in [-0.2, 0) is 6.54 Å². The molecular formula is C25H28Cl2FN3O2S. The van der Waals surface area contributed by atoms with Crippen molar-refractivity contribution in [3.63, 3.8) is 0 Å². The minimum Gasteiger partial charge on any atom is -0.489 e. The quantitative estimate of drug-likeness (QED) is 0.426. The summed E-state index contributed by atoms with van der Waals surface area (Å²) in [4.78, 5) is 14.9. The summed E-state index contributed by atoms with van der Waals surface area (Å²) in [6, 6.07) is 8.58. The Morgan fingerprint density at radius 1 is 1.06 bits per heavy atom. The van der Waals surface area contributed by atoms with Crippen molar-refractivity contribution < 1.29 is 13.9 Å². The fourth-order valence-corrected chi connectivity index (χ4v) is 5.81. The predicted octanol–water partition coefficient (Wildman–Crippen LogP) is 6.05. The van der Waals surface area contributed by atoms with Gasteiger partial charge < -0.3 is 4.74 Å². The molecule has 1 saturated carbocycles. The van der Waals surface area contributed by atoms with Gasteiger partial charge in [0.2, 0.25) is 0 Å². The molecule has 3 aliphatic rings. The van der Waals surface area contributed by atoms with E-state index in [0.717, 1.165) is 69.4 Å². The molecule has 1 aliphatic carbocycles. The van der Waals surface area contributed by atoms with Gasteiger partial charge in [-0.3, -0.25) is 14.4 Å². The van der Waals surface area contributed by atoms with Crippen LogP contribution in [0.4, 0.5) is 4.39 Å². The van der Waals surface area contributed by atoms with Crippen LogP contribution in [0.5, 0.6) is 5.75 Å². The maximum absolute atomic E-state index is 15.0. The van der Waals surface area contributed by atoms with Crippen molar-refractivity contribution in [2.75, 3.05) is 26.2 Å². The molecule has 0 spiro atoms. The number of benzene rings is 2. The van der Waals surface area contributed by atoms with Crippen molar-refractivity contribution in [3.8, 4) is 5.75 Å². The Bertz CT molecular complexity index is 1040. The molecule has 182 valence electrons. The smallest absolute Gasteiger partial charge is 0.265 e. The van der Waals surface area contributed by atoms with Gasteiger partial charge in [0.25, 0.3) is 5.91 Å². The van der Waals surface area contributed by atoms with E-state index in [2.05, 4.69) is 13.9 Å². The van der Waals surface area contributed by atoms with E-state index in [1.54, 1.807) is 30.3 Å². The Labute approximate surface area is 214 Å². The monoisotopic (exact) mass is 523 g/mol. The summed E-state index contributed by atoms with van der Waals surface area (Å²) in [6.07, 6.45) is 5.26. The summed E-state index contributed by atoms with van der Waals surface area (Å²) in [5.74, 6) is 0.255. The third-order valence-corrected chi connectivity index (χ3v) is 7.90. The van der Waals surface area contributed by atoms with E-state index in [4.69, 9.17) is 27.9 Å². The lowest BCUT2D eigenvalue weighted by Crippen LogP contribution is -2.40. The minimum atomic E-state index is -0.459. The topological polar surface area (TPSA) is 44.8 Å². The minimum absolute atomic E-state index is 0.0149. The second kappa shape index (κ2) is 10.6. The molecule has 2 aromatic carbocycles. The molecule has 5 rings (SSSR count). The van der Waals surface area contributed by atoms with Crippen molar-refractivity contribution in [2.24, 2.45) is 0 Å². The molecule has 2 aromatic rings. The van der Waals surface area contributed by atoms with E-state index in [1.807, 2.05) is 0 Å². The van der Waals surface area contributed by atoms with Gasteiger partial charge in [-0.25, -0.2) is 8.70 Å². The third kappa shape index (κ3) is 6.00. The van der Waals surface area contributed by atoms with Gasteiger partial charge in [-0.05, 0) is 86.0 Å². The molecule has 0 radical (unpaired) electrons. The number of carbonyl (C=O) groups excluding carboxylic acids is 1. The van der Waals surface area contributed by atoms with Gasteiger partial charge >= 0.3 is 0 Å². The SMILES string of the molecule is O=C(NSN1CCC1)c1cc(C2CC2)c(CN2CCCC(Oc3cc(Cl)cc(Cl)c3)C2)cc1F. The molecule has 9 heteroatoms. The van der Waals surface area contributed by atoms with Gasteiger partial charge in [-0.15, -0.1) is 0 Å². The van der Waals surface area contributed by atoms with E-state index in [0.29, 0.717) is 28.3 Å². The Balaban J connectivity index is 1.26. The van der Waals surface area contributed by atoms with Crippen molar-refractivity contribution in [2.45, 2.75) is 50.7 Å². The molecule has 34 heavy (non-hydrogen) atoms. The zero-order valence-electron chi connectivity index (χ0n) is 18.9. The number of piperidine rings is 1. The maximum atomic E-state index is 15.0. The zero-order valence-corrected chi connectivity index (χ0v) is 21.2. The molecule has 2 aliphatic heterocycles. The first-order chi connectivity index (χ1) is 16.4. The average molecular weight is 524 g/mol. The highest BCUT2D eigenvalue weighted by Gasteiger charge is 2.30. The lowest BCUT2D eigenvalue weighted by molar-refractivity contribution is 0.0841. The van der Waals surface area contributed by atoms with Crippen LogP contribution in [0.3, 0.4) is 0 Å². The van der Waals surface area contributed by atoms with Crippen LogP contribution in [0.2, 0.25) is 10.0 Å². The van der Waals surface area contributed by atoms with Gasteiger partial charge in [0.1, 0.15) is 17.7 Å². The van der Waals surface area contributed by atoms with Crippen LogP contribution in [0.1, 0.15) is 59.5 Å². The number of likely N-dealkylation sites (tertiary alicyclic amines) is 1. The normalized spacial score (nSPS) is 21.2. The largest absolute Gasteiger partial charge is 0.489 e.